The summed E-state index contributed by atoms with van der Waals surface area (Å²) in [7, 11) is 3.33. The van der Waals surface area contributed by atoms with E-state index in [9.17, 15) is 9.59 Å². The van der Waals surface area contributed by atoms with Crippen molar-refractivity contribution in [2.24, 2.45) is 0 Å². The number of hydrogen-bond donors (Lipinski definition) is 0. The Morgan fingerprint density at radius 1 is 1.33 bits per heavy atom. The third-order valence-electron chi connectivity index (χ3n) is 5.61. The third-order valence-corrected chi connectivity index (χ3v) is 5.61. The Hall–Kier alpha value is -3.10. The molecule has 2 amide bonds. The summed E-state index contributed by atoms with van der Waals surface area (Å²) in [6.45, 7) is 1.69. The van der Waals surface area contributed by atoms with Crippen molar-refractivity contribution in [1.29, 1.82) is 0 Å². The number of benzene rings is 1. The van der Waals surface area contributed by atoms with E-state index < -0.39 is 5.60 Å². The minimum Gasteiger partial charge on any atom is -0.497 e. The second kappa shape index (κ2) is 8.33. The highest BCUT2D eigenvalue weighted by atomic mass is 16.6. The van der Waals surface area contributed by atoms with Gasteiger partial charge in [0.25, 0.3) is 0 Å². The van der Waals surface area contributed by atoms with E-state index in [1.165, 1.54) is 0 Å². The highest BCUT2D eigenvalue weighted by Crippen LogP contribution is 2.31. The van der Waals surface area contributed by atoms with Gasteiger partial charge in [-0.05, 0) is 31.4 Å². The maximum Gasteiger partial charge on any atom is 0.410 e. The average molecular weight is 414 g/mol. The number of methoxy groups -OCH3 is 1. The van der Waals surface area contributed by atoms with Crippen molar-refractivity contribution in [1.82, 2.24) is 19.9 Å². The van der Waals surface area contributed by atoms with Gasteiger partial charge in [-0.25, -0.2) is 4.79 Å². The Morgan fingerprint density at radius 3 is 2.97 bits per heavy atom. The molecule has 9 nitrogen and oxygen atoms in total. The maximum absolute atomic E-state index is 12.7. The van der Waals surface area contributed by atoms with Crippen molar-refractivity contribution in [2.45, 2.75) is 37.7 Å². The number of likely N-dealkylation sites (tertiary alicyclic amines) is 1. The second-order valence-electron chi connectivity index (χ2n) is 7.92. The van der Waals surface area contributed by atoms with E-state index in [4.69, 9.17) is 14.0 Å². The fourth-order valence-electron chi connectivity index (χ4n) is 4.10. The summed E-state index contributed by atoms with van der Waals surface area (Å²) in [5.41, 5.74) is 0.257. The van der Waals surface area contributed by atoms with Crippen LogP contribution in [0.5, 0.6) is 5.75 Å². The molecule has 0 radical (unpaired) electrons. The van der Waals surface area contributed by atoms with Crippen molar-refractivity contribution in [3.05, 3.63) is 30.2 Å². The summed E-state index contributed by atoms with van der Waals surface area (Å²) >= 11 is 0. The topological polar surface area (TPSA) is 98.0 Å². The van der Waals surface area contributed by atoms with E-state index in [0.29, 0.717) is 50.6 Å². The number of nitrogens with zero attached hydrogens (tertiary/aromatic N) is 4. The fraction of sp³-hybridized carbons (Fsp3) is 0.524. The second-order valence-corrected chi connectivity index (χ2v) is 7.92. The number of rotatable bonds is 6. The van der Waals surface area contributed by atoms with E-state index in [2.05, 4.69) is 10.1 Å². The number of ether oxygens (including phenoxy) is 2. The molecule has 1 aromatic carbocycles. The lowest BCUT2D eigenvalue weighted by Crippen LogP contribution is -2.52. The largest absolute Gasteiger partial charge is 0.497 e. The Kier molecular flexibility index (Phi) is 5.61. The summed E-state index contributed by atoms with van der Waals surface area (Å²) in [6.07, 6.45) is 2.84. The molecule has 2 aliphatic rings. The first-order valence-electron chi connectivity index (χ1n) is 10.2. The van der Waals surface area contributed by atoms with Crippen LogP contribution in [-0.2, 0) is 16.0 Å². The molecule has 4 rings (SSSR count). The van der Waals surface area contributed by atoms with Crippen LogP contribution in [0.25, 0.3) is 11.4 Å². The summed E-state index contributed by atoms with van der Waals surface area (Å²) in [6, 6.07) is 7.46. The Labute approximate surface area is 174 Å². The van der Waals surface area contributed by atoms with Gasteiger partial charge in [0.2, 0.25) is 17.6 Å². The van der Waals surface area contributed by atoms with Crippen LogP contribution in [0.15, 0.2) is 28.8 Å². The minimum atomic E-state index is -0.558. The SMILES string of the molecule is COc1cccc(-c2noc(CCCC(=O)N3CCCC4(CN(C)C(=O)O4)C3)n2)c1. The van der Waals surface area contributed by atoms with Crippen LogP contribution < -0.4 is 4.74 Å². The van der Waals surface area contributed by atoms with Gasteiger partial charge in [0.05, 0.1) is 20.2 Å². The normalized spacial score (nSPS) is 21.2. The average Bonchev–Trinajstić information content (AvgIpc) is 3.32. The van der Waals surface area contributed by atoms with Crippen LogP contribution in [0.2, 0.25) is 0 Å². The van der Waals surface area contributed by atoms with Crippen LogP contribution >= 0.6 is 0 Å². The molecule has 3 heterocycles. The predicted molar refractivity (Wildman–Crippen MR) is 107 cm³/mol. The van der Waals surface area contributed by atoms with E-state index in [-0.39, 0.29) is 12.0 Å². The molecule has 1 spiro atoms. The van der Waals surface area contributed by atoms with Crippen molar-refractivity contribution in [2.75, 3.05) is 33.8 Å². The maximum atomic E-state index is 12.7. The van der Waals surface area contributed by atoms with E-state index >= 15 is 0 Å². The number of carbonyl (C=O) groups is 2. The molecular weight excluding hydrogens is 388 g/mol. The van der Waals surface area contributed by atoms with Crippen LogP contribution in [0.1, 0.15) is 31.6 Å². The molecule has 9 heteroatoms. The molecule has 2 fully saturated rings. The van der Waals surface area contributed by atoms with Gasteiger partial charge >= 0.3 is 6.09 Å². The monoisotopic (exact) mass is 414 g/mol. The van der Waals surface area contributed by atoms with Gasteiger partial charge in [0.15, 0.2) is 0 Å². The summed E-state index contributed by atoms with van der Waals surface area (Å²) in [4.78, 5) is 32.2. The smallest absolute Gasteiger partial charge is 0.410 e. The highest BCUT2D eigenvalue weighted by molar-refractivity contribution is 5.77. The molecule has 30 heavy (non-hydrogen) atoms. The van der Waals surface area contributed by atoms with E-state index in [0.717, 1.165) is 24.2 Å². The lowest BCUT2D eigenvalue weighted by atomic mass is 9.92. The molecule has 2 aliphatic heterocycles. The molecule has 0 bridgehead atoms. The first kappa shape index (κ1) is 20.2. The highest BCUT2D eigenvalue weighted by Gasteiger charge is 2.47. The number of aryl methyl sites for hydroxylation is 1. The Bertz CT molecular complexity index is 930. The van der Waals surface area contributed by atoms with Crippen molar-refractivity contribution in [3.63, 3.8) is 0 Å². The fourth-order valence-corrected chi connectivity index (χ4v) is 4.10. The van der Waals surface area contributed by atoms with Crippen LogP contribution in [0, 0.1) is 0 Å². The van der Waals surface area contributed by atoms with Crippen LogP contribution in [0.3, 0.4) is 0 Å². The number of aromatic nitrogens is 2. The summed E-state index contributed by atoms with van der Waals surface area (Å²) in [5.74, 6) is 1.79. The van der Waals surface area contributed by atoms with Crippen LogP contribution in [0.4, 0.5) is 4.79 Å². The van der Waals surface area contributed by atoms with Gasteiger partial charge in [-0.3, -0.25) is 4.79 Å². The number of likely N-dealkylation sites (N-methyl/N-ethyl adjacent to an activating group) is 1. The molecule has 1 atom stereocenters. The first-order chi connectivity index (χ1) is 14.5. The van der Waals surface area contributed by atoms with E-state index in [1.807, 2.05) is 29.2 Å². The molecule has 0 aliphatic carbocycles. The first-order valence-corrected chi connectivity index (χ1v) is 10.2. The van der Waals surface area contributed by atoms with Crippen molar-refractivity contribution >= 4 is 12.0 Å². The lowest BCUT2D eigenvalue weighted by Gasteiger charge is -2.38. The molecule has 0 N–H and O–H groups in total. The zero-order valence-electron chi connectivity index (χ0n) is 17.3. The Balaban J connectivity index is 1.29. The van der Waals surface area contributed by atoms with Gasteiger partial charge in [0.1, 0.15) is 11.4 Å². The van der Waals surface area contributed by atoms with E-state index in [1.54, 1.807) is 19.1 Å². The van der Waals surface area contributed by atoms with Gasteiger partial charge in [-0.1, -0.05) is 17.3 Å². The number of amides is 2. The van der Waals surface area contributed by atoms with Crippen molar-refractivity contribution in [3.8, 4) is 17.1 Å². The van der Waals surface area contributed by atoms with Gasteiger partial charge in [-0.15, -0.1) is 0 Å². The predicted octanol–water partition coefficient (Wildman–Crippen LogP) is 2.51. The van der Waals surface area contributed by atoms with Gasteiger partial charge < -0.3 is 23.8 Å². The number of piperidine rings is 1. The van der Waals surface area contributed by atoms with Crippen molar-refractivity contribution < 1.29 is 23.6 Å². The molecule has 2 saturated heterocycles. The quantitative estimate of drug-likeness (QED) is 0.716. The minimum absolute atomic E-state index is 0.0622. The zero-order chi connectivity index (χ0) is 21.1. The number of carbonyl (C=O) groups excluding carboxylic acids is 2. The summed E-state index contributed by atoms with van der Waals surface area (Å²) < 4.78 is 16.1. The van der Waals surface area contributed by atoms with Gasteiger partial charge in [0, 0.05) is 32.0 Å². The molecule has 1 aromatic heterocycles. The molecule has 1 unspecified atom stereocenters. The standard InChI is InChI=1S/C21H26N4O5/c1-24-13-21(29-20(24)27)10-5-11-25(14-21)18(26)9-4-8-17-22-19(23-30-17)15-6-3-7-16(12-15)28-2/h3,6-7,12H,4-5,8-11,13-14H2,1-2H3. The van der Waals surface area contributed by atoms with Crippen LogP contribution in [-0.4, -0.2) is 71.3 Å². The summed E-state index contributed by atoms with van der Waals surface area (Å²) in [5, 5.41) is 4.02. The molecular formula is C21H26N4O5. The Morgan fingerprint density at radius 2 is 2.20 bits per heavy atom. The third kappa shape index (κ3) is 4.24. The zero-order valence-corrected chi connectivity index (χ0v) is 17.3. The van der Waals surface area contributed by atoms with Gasteiger partial charge in [-0.2, -0.15) is 4.98 Å². The molecule has 2 aromatic rings. The molecule has 160 valence electrons. The number of hydrogen-bond acceptors (Lipinski definition) is 7. The lowest BCUT2D eigenvalue weighted by molar-refractivity contribution is -0.136. The molecule has 0 saturated carbocycles.